The maximum Gasteiger partial charge on any atom is 0.208 e. The van der Waals surface area contributed by atoms with Gasteiger partial charge in [0.05, 0.1) is 6.26 Å². The summed E-state index contributed by atoms with van der Waals surface area (Å²) < 4.78 is 27.0. The van der Waals surface area contributed by atoms with Gasteiger partial charge in [-0.25, -0.2) is 13.1 Å². The third-order valence-electron chi connectivity index (χ3n) is 6.04. The molecule has 0 saturated carbocycles. The SMILES string of the molecule is CS(=O)(=O)N[C@H]1CCN(Cc2cccs2)C[C@@]12CCN(Cc1ccccc1)C2. The van der Waals surface area contributed by atoms with Crippen LogP contribution < -0.4 is 4.72 Å². The predicted octanol–water partition coefficient (Wildman–Crippen LogP) is 2.76. The number of nitrogens with one attached hydrogen (secondary N) is 1. The lowest BCUT2D eigenvalue weighted by molar-refractivity contribution is 0.0599. The van der Waals surface area contributed by atoms with Crippen molar-refractivity contribution in [2.45, 2.75) is 32.0 Å². The van der Waals surface area contributed by atoms with Crippen molar-refractivity contribution in [1.82, 2.24) is 14.5 Å². The van der Waals surface area contributed by atoms with Crippen LogP contribution in [0.2, 0.25) is 0 Å². The molecule has 1 aromatic carbocycles. The summed E-state index contributed by atoms with van der Waals surface area (Å²) in [6.45, 7) is 5.73. The Morgan fingerprint density at radius 2 is 1.82 bits per heavy atom. The number of benzene rings is 1. The fraction of sp³-hybridized carbons (Fsp3) is 0.524. The van der Waals surface area contributed by atoms with Crippen molar-refractivity contribution in [3.05, 3.63) is 58.3 Å². The molecule has 0 bridgehead atoms. The molecule has 0 unspecified atom stereocenters. The summed E-state index contributed by atoms with van der Waals surface area (Å²) in [6.07, 6.45) is 3.20. The van der Waals surface area contributed by atoms with Crippen molar-refractivity contribution in [1.29, 1.82) is 0 Å². The first-order valence-electron chi connectivity index (χ1n) is 9.90. The predicted molar refractivity (Wildman–Crippen MR) is 115 cm³/mol. The second-order valence-corrected chi connectivity index (χ2v) is 11.1. The highest BCUT2D eigenvalue weighted by atomic mass is 32.2. The number of rotatable bonds is 6. The quantitative estimate of drug-likeness (QED) is 0.782. The third-order valence-corrected chi connectivity index (χ3v) is 7.61. The number of piperidine rings is 1. The lowest BCUT2D eigenvalue weighted by Gasteiger charge is -2.46. The zero-order valence-electron chi connectivity index (χ0n) is 16.4. The van der Waals surface area contributed by atoms with Gasteiger partial charge in [-0.2, -0.15) is 0 Å². The molecule has 2 aromatic rings. The molecule has 0 aliphatic carbocycles. The molecule has 1 aromatic heterocycles. The molecule has 5 nitrogen and oxygen atoms in total. The van der Waals surface area contributed by atoms with E-state index in [-0.39, 0.29) is 11.5 Å². The molecule has 2 atom stereocenters. The Morgan fingerprint density at radius 3 is 2.50 bits per heavy atom. The van der Waals surface area contributed by atoms with E-state index >= 15 is 0 Å². The highest BCUT2D eigenvalue weighted by Gasteiger charge is 2.48. The molecular formula is C21H29N3O2S2. The molecule has 1 spiro atoms. The topological polar surface area (TPSA) is 52.7 Å². The Hall–Kier alpha value is -1.25. The van der Waals surface area contributed by atoms with Crippen LogP contribution in [0.25, 0.3) is 0 Å². The minimum absolute atomic E-state index is 0.0165. The van der Waals surface area contributed by atoms with Crippen LogP contribution in [-0.2, 0) is 23.1 Å². The Kier molecular flexibility index (Phi) is 5.90. The second-order valence-electron chi connectivity index (χ2n) is 8.33. The Morgan fingerprint density at radius 1 is 1.07 bits per heavy atom. The molecular weight excluding hydrogens is 390 g/mol. The monoisotopic (exact) mass is 419 g/mol. The molecule has 3 heterocycles. The largest absolute Gasteiger partial charge is 0.298 e. The molecule has 28 heavy (non-hydrogen) atoms. The molecule has 7 heteroatoms. The molecule has 0 amide bonds. The average molecular weight is 420 g/mol. The fourth-order valence-corrected chi connectivity index (χ4v) is 6.46. The first kappa shape index (κ1) is 20.0. The van der Waals surface area contributed by atoms with Crippen molar-refractivity contribution in [3.8, 4) is 0 Å². The number of thiophene rings is 1. The van der Waals surface area contributed by atoms with Crippen LogP contribution in [0.15, 0.2) is 47.8 Å². The minimum Gasteiger partial charge on any atom is -0.298 e. The normalized spacial score (nSPS) is 26.8. The standard InChI is InChI=1S/C21H29N3O2S2/c1-28(25,26)22-20-9-11-23(15-19-8-5-13-27-19)16-21(20)10-12-24(17-21)14-18-6-3-2-4-7-18/h2-8,13,20,22H,9-12,14-17H2,1H3/t20-,21+/m0/s1. The molecule has 4 rings (SSSR count). The summed E-state index contributed by atoms with van der Waals surface area (Å²) in [7, 11) is -3.22. The average Bonchev–Trinajstić information content (AvgIpc) is 3.28. The first-order valence-corrected chi connectivity index (χ1v) is 12.7. The van der Waals surface area contributed by atoms with Gasteiger partial charge >= 0.3 is 0 Å². The molecule has 2 aliphatic rings. The van der Waals surface area contributed by atoms with Crippen molar-refractivity contribution >= 4 is 21.4 Å². The first-order chi connectivity index (χ1) is 13.4. The summed E-state index contributed by atoms with van der Waals surface area (Å²) in [5.74, 6) is 0. The lowest BCUT2D eigenvalue weighted by Crippen LogP contribution is -2.58. The van der Waals surface area contributed by atoms with E-state index in [0.29, 0.717) is 0 Å². The number of sulfonamides is 1. The van der Waals surface area contributed by atoms with Gasteiger partial charge in [0.1, 0.15) is 0 Å². The van der Waals surface area contributed by atoms with Gasteiger partial charge in [-0.15, -0.1) is 11.3 Å². The summed E-state index contributed by atoms with van der Waals surface area (Å²) in [5.41, 5.74) is 1.30. The van der Waals surface area contributed by atoms with E-state index in [2.05, 4.69) is 56.3 Å². The van der Waals surface area contributed by atoms with E-state index in [1.54, 1.807) is 11.3 Å². The zero-order valence-corrected chi connectivity index (χ0v) is 18.0. The van der Waals surface area contributed by atoms with E-state index in [1.165, 1.54) is 16.7 Å². The number of hydrogen-bond acceptors (Lipinski definition) is 5. The van der Waals surface area contributed by atoms with Crippen LogP contribution in [0.4, 0.5) is 0 Å². The van der Waals surface area contributed by atoms with Crippen LogP contribution >= 0.6 is 11.3 Å². The Labute approximate surface area is 172 Å². The van der Waals surface area contributed by atoms with E-state index in [1.807, 2.05) is 6.07 Å². The summed E-state index contributed by atoms with van der Waals surface area (Å²) in [5, 5.41) is 2.13. The van der Waals surface area contributed by atoms with Gasteiger partial charge in [-0.05, 0) is 36.4 Å². The van der Waals surface area contributed by atoms with Crippen molar-refractivity contribution in [3.63, 3.8) is 0 Å². The highest BCUT2D eigenvalue weighted by Crippen LogP contribution is 2.40. The third kappa shape index (κ3) is 4.83. The van der Waals surface area contributed by atoms with E-state index in [9.17, 15) is 8.42 Å². The molecule has 1 N–H and O–H groups in total. The summed E-state index contributed by atoms with van der Waals surface area (Å²) in [6, 6.07) is 14.9. The molecule has 2 saturated heterocycles. The maximum absolute atomic E-state index is 12.0. The van der Waals surface area contributed by atoms with E-state index < -0.39 is 10.0 Å². The van der Waals surface area contributed by atoms with Gasteiger partial charge in [0, 0.05) is 49.1 Å². The van der Waals surface area contributed by atoms with Gasteiger partial charge in [-0.1, -0.05) is 36.4 Å². The van der Waals surface area contributed by atoms with Crippen LogP contribution in [0.5, 0.6) is 0 Å². The summed E-state index contributed by atoms with van der Waals surface area (Å²) >= 11 is 1.80. The maximum atomic E-state index is 12.0. The van der Waals surface area contributed by atoms with Gasteiger partial charge in [0.15, 0.2) is 0 Å². The van der Waals surface area contributed by atoms with Gasteiger partial charge < -0.3 is 0 Å². The van der Waals surface area contributed by atoms with Gasteiger partial charge in [0.25, 0.3) is 0 Å². The van der Waals surface area contributed by atoms with Crippen LogP contribution in [0, 0.1) is 5.41 Å². The van der Waals surface area contributed by atoms with Gasteiger partial charge in [0.2, 0.25) is 10.0 Å². The lowest BCUT2D eigenvalue weighted by atomic mass is 9.75. The van der Waals surface area contributed by atoms with E-state index in [4.69, 9.17) is 0 Å². The smallest absolute Gasteiger partial charge is 0.208 e. The Balaban J connectivity index is 1.50. The highest BCUT2D eigenvalue weighted by molar-refractivity contribution is 7.88. The zero-order chi connectivity index (χ0) is 19.6. The second kappa shape index (κ2) is 8.24. The molecule has 0 radical (unpaired) electrons. The van der Waals surface area contributed by atoms with Gasteiger partial charge in [-0.3, -0.25) is 9.80 Å². The molecule has 2 fully saturated rings. The fourth-order valence-electron chi connectivity index (χ4n) is 4.83. The number of likely N-dealkylation sites (tertiary alicyclic amines) is 2. The Bertz CT molecular complexity index is 870. The van der Waals surface area contributed by atoms with Crippen LogP contribution in [-0.4, -0.2) is 56.7 Å². The number of nitrogens with zero attached hydrogens (tertiary/aromatic N) is 2. The van der Waals surface area contributed by atoms with Crippen molar-refractivity contribution < 1.29 is 8.42 Å². The minimum atomic E-state index is -3.22. The van der Waals surface area contributed by atoms with E-state index in [0.717, 1.165) is 52.1 Å². The van der Waals surface area contributed by atoms with Crippen LogP contribution in [0.3, 0.4) is 0 Å². The number of hydrogen-bond donors (Lipinski definition) is 1. The van der Waals surface area contributed by atoms with Crippen molar-refractivity contribution in [2.24, 2.45) is 5.41 Å². The van der Waals surface area contributed by atoms with Crippen LogP contribution in [0.1, 0.15) is 23.3 Å². The van der Waals surface area contributed by atoms with Crippen molar-refractivity contribution in [2.75, 3.05) is 32.4 Å². The molecule has 2 aliphatic heterocycles. The molecule has 152 valence electrons. The summed E-state index contributed by atoms with van der Waals surface area (Å²) in [4.78, 5) is 6.38.